The zero-order valence-electron chi connectivity index (χ0n) is 30.8. The molecule has 2 heterocycles. The summed E-state index contributed by atoms with van der Waals surface area (Å²) in [6, 6.07) is 28.1. The summed E-state index contributed by atoms with van der Waals surface area (Å²) in [5, 5.41) is 8.50. The first-order valence-corrected chi connectivity index (χ1v) is 21.4. The number of allylic oxidation sites excluding steroid dienone is 7. The van der Waals surface area contributed by atoms with Crippen LogP contribution in [0.3, 0.4) is 0 Å². The van der Waals surface area contributed by atoms with Crippen molar-refractivity contribution in [3.8, 4) is 11.1 Å². The fourth-order valence-corrected chi connectivity index (χ4v) is 14.7. The number of fused-ring (bicyclic) bond motifs is 10. The summed E-state index contributed by atoms with van der Waals surface area (Å²) in [7, 11) is 0. The second kappa shape index (κ2) is 12.0. The van der Waals surface area contributed by atoms with E-state index in [4.69, 9.17) is 0 Å². The second-order valence-corrected chi connectivity index (χ2v) is 19.0. The normalized spacial score (nSPS) is 34.3. The van der Waals surface area contributed by atoms with Gasteiger partial charge in [-0.25, -0.2) is 0 Å². The minimum absolute atomic E-state index is 0.0477. The van der Waals surface area contributed by atoms with Crippen LogP contribution in [0.1, 0.15) is 106 Å². The molecule has 6 aliphatic carbocycles. The average molecular weight is 701 g/mol. The number of benzene rings is 3. The molecular weight excluding hydrogens is 649 g/mol. The lowest BCUT2D eigenvalue weighted by atomic mass is 9.58. The van der Waals surface area contributed by atoms with Crippen molar-refractivity contribution < 1.29 is 0 Å². The van der Waals surface area contributed by atoms with Gasteiger partial charge in [0.1, 0.15) is 6.17 Å². The highest BCUT2D eigenvalue weighted by molar-refractivity contribution is 8.04. The standard InChI is InChI=1S/C49H52N2S/c1-48(2)38-26-27-39-41(34-16-7-9-20-37(34)49(39)28-11-4-12-29-49)42(38)36-19-13-18-33(43(36)48)30-22-24-32(25-23-30)47-50-44(31-14-5-3-6-15-31)46-45(51-47)35-17-8-10-21-40(35)52-46/h3,5-8,10,13-19,21-25,34-35,37,39-41,44,47,50-51H,4,9,11-12,20,26-29H2,1-2H3. The van der Waals surface area contributed by atoms with E-state index in [0.717, 1.165) is 17.8 Å². The van der Waals surface area contributed by atoms with Crippen LogP contribution < -0.4 is 10.6 Å². The van der Waals surface area contributed by atoms with Crippen molar-refractivity contribution in [1.29, 1.82) is 0 Å². The summed E-state index contributed by atoms with van der Waals surface area (Å²) in [4.78, 5) is 1.44. The highest BCUT2D eigenvalue weighted by atomic mass is 32.2. The average Bonchev–Trinajstić information content (AvgIpc) is 3.79. The van der Waals surface area contributed by atoms with E-state index in [1.807, 2.05) is 11.8 Å². The van der Waals surface area contributed by atoms with E-state index in [2.05, 4.69) is 134 Å². The van der Waals surface area contributed by atoms with E-state index in [1.54, 1.807) is 22.3 Å². The van der Waals surface area contributed by atoms with Gasteiger partial charge in [-0.3, -0.25) is 5.32 Å². The third-order valence-corrected chi connectivity index (χ3v) is 16.6. The van der Waals surface area contributed by atoms with Crippen molar-refractivity contribution in [3.63, 3.8) is 0 Å². The Balaban J connectivity index is 0.943. The molecule has 0 saturated heterocycles. The molecule has 3 aromatic carbocycles. The van der Waals surface area contributed by atoms with Gasteiger partial charge in [0, 0.05) is 27.2 Å². The monoisotopic (exact) mass is 700 g/mol. The quantitative estimate of drug-likeness (QED) is 0.266. The maximum Gasteiger partial charge on any atom is 0.104 e. The van der Waals surface area contributed by atoms with Gasteiger partial charge in [-0.1, -0.05) is 148 Å². The molecule has 2 aliphatic heterocycles. The van der Waals surface area contributed by atoms with Gasteiger partial charge in [-0.05, 0) is 107 Å². The molecule has 2 nitrogen and oxygen atoms in total. The number of rotatable bonds is 3. The Morgan fingerprint density at radius 1 is 0.750 bits per heavy atom. The molecule has 0 amide bonds. The topological polar surface area (TPSA) is 24.1 Å². The zero-order chi connectivity index (χ0) is 34.6. The van der Waals surface area contributed by atoms with Crippen molar-refractivity contribution in [2.75, 3.05) is 0 Å². The molecule has 3 heteroatoms. The summed E-state index contributed by atoms with van der Waals surface area (Å²) in [5.74, 6) is 3.57. The van der Waals surface area contributed by atoms with Gasteiger partial charge >= 0.3 is 0 Å². The summed E-state index contributed by atoms with van der Waals surface area (Å²) < 4.78 is 0. The minimum Gasteiger partial charge on any atom is -0.368 e. The Bertz CT molecular complexity index is 2070. The number of thioether (sulfide) groups is 1. The minimum atomic E-state index is 0.0477. The first-order valence-electron chi connectivity index (χ1n) is 20.5. The first-order chi connectivity index (χ1) is 25.5. The lowest BCUT2D eigenvalue weighted by molar-refractivity contribution is 0.0524. The molecule has 11 rings (SSSR count). The van der Waals surface area contributed by atoms with E-state index < -0.39 is 0 Å². The Hall–Kier alpha value is -3.53. The fraction of sp³-hybridized carbons (Fsp3) is 0.429. The van der Waals surface area contributed by atoms with Gasteiger partial charge in [-0.15, -0.1) is 11.8 Å². The van der Waals surface area contributed by atoms with Crippen molar-refractivity contribution >= 4 is 17.3 Å². The van der Waals surface area contributed by atoms with Crippen LogP contribution in [-0.2, 0) is 5.41 Å². The molecule has 2 saturated carbocycles. The van der Waals surface area contributed by atoms with E-state index in [9.17, 15) is 0 Å². The summed E-state index contributed by atoms with van der Waals surface area (Å²) >= 11 is 2.02. The predicted octanol–water partition coefficient (Wildman–Crippen LogP) is 12.0. The lowest BCUT2D eigenvalue weighted by Gasteiger charge is -2.46. The van der Waals surface area contributed by atoms with E-state index >= 15 is 0 Å². The van der Waals surface area contributed by atoms with Crippen molar-refractivity contribution in [3.05, 3.63) is 148 Å². The molecule has 2 N–H and O–H groups in total. The van der Waals surface area contributed by atoms with E-state index in [1.165, 1.54) is 90.6 Å². The zero-order valence-corrected chi connectivity index (χ0v) is 31.6. The molecule has 0 bridgehead atoms. The SMILES string of the molecule is CC1(C)C2=C(c3cccc(-c4ccc(C5NC6=C(SC7C=CC=CC67)C(c6ccccc6)N5)cc4)c31)C1C3C=CCCC3C3(CCCCC3)C1CC2. The molecule has 3 aromatic rings. The molecule has 2 fully saturated rings. The van der Waals surface area contributed by atoms with E-state index in [-0.39, 0.29) is 17.6 Å². The molecule has 52 heavy (non-hydrogen) atoms. The van der Waals surface area contributed by atoms with Gasteiger partial charge in [0.05, 0.1) is 6.04 Å². The highest BCUT2D eigenvalue weighted by Gasteiger charge is 2.62. The van der Waals surface area contributed by atoms with Gasteiger partial charge < -0.3 is 5.32 Å². The smallest absolute Gasteiger partial charge is 0.104 e. The van der Waals surface area contributed by atoms with Crippen LogP contribution >= 0.6 is 11.8 Å². The Morgan fingerprint density at radius 2 is 1.56 bits per heavy atom. The largest absolute Gasteiger partial charge is 0.368 e. The van der Waals surface area contributed by atoms with Gasteiger partial charge in [0.15, 0.2) is 0 Å². The number of hydrogen-bond donors (Lipinski definition) is 2. The summed E-state index contributed by atoms with van der Waals surface area (Å²) in [6.45, 7) is 5.11. The molecule has 0 aromatic heterocycles. The molecule has 264 valence electrons. The maximum absolute atomic E-state index is 4.03. The number of nitrogens with one attached hydrogen (secondary N) is 2. The van der Waals surface area contributed by atoms with Gasteiger partial charge in [0.2, 0.25) is 0 Å². The van der Waals surface area contributed by atoms with Gasteiger partial charge in [0.25, 0.3) is 0 Å². The third-order valence-electron chi connectivity index (χ3n) is 15.2. The van der Waals surface area contributed by atoms with Crippen molar-refractivity contribution in [2.45, 2.75) is 94.5 Å². The predicted molar refractivity (Wildman–Crippen MR) is 217 cm³/mol. The molecule has 8 unspecified atom stereocenters. The van der Waals surface area contributed by atoms with Crippen molar-refractivity contribution in [2.24, 2.45) is 35.0 Å². The number of hydrogen-bond acceptors (Lipinski definition) is 3. The van der Waals surface area contributed by atoms with Crippen LogP contribution in [0.5, 0.6) is 0 Å². The van der Waals surface area contributed by atoms with Crippen LogP contribution in [-0.4, -0.2) is 5.25 Å². The Morgan fingerprint density at radius 3 is 2.40 bits per heavy atom. The van der Waals surface area contributed by atoms with Crippen LogP contribution in [0.4, 0.5) is 0 Å². The molecule has 0 radical (unpaired) electrons. The van der Waals surface area contributed by atoms with E-state index in [0.29, 0.717) is 22.5 Å². The van der Waals surface area contributed by atoms with Crippen LogP contribution in [0.25, 0.3) is 16.7 Å². The molecular formula is C49H52N2S. The van der Waals surface area contributed by atoms with Crippen molar-refractivity contribution in [1.82, 2.24) is 10.6 Å². The highest BCUT2D eigenvalue weighted by Crippen LogP contribution is 2.71. The van der Waals surface area contributed by atoms with Crippen LogP contribution in [0.2, 0.25) is 0 Å². The summed E-state index contributed by atoms with van der Waals surface area (Å²) in [5.41, 5.74) is 14.2. The van der Waals surface area contributed by atoms with Crippen LogP contribution in [0, 0.1) is 35.0 Å². The third kappa shape index (κ3) is 4.54. The molecule has 8 atom stereocenters. The van der Waals surface area contributed by atoms with Gasteiger partial charge in [-0.2, -0.15) is 0 Å². The van der Waals surface area contributed by atoms with Crippen LogP contribution in [0.15, 0.2) is 125 Å². The molecule has 1 spiro atoms. The fourth-order valence-electron chi connectivity index (χ4n) is 13.2. The first kappa shape index (κ1) is 31.9. The summed E-state index contributed by atoms with van der Waals surface area (Å²) in [6.07, 6.45) is 27.2. The Kier molecular flexibility index (Phi) is 7.37. The second-order valence-electron chi connectivity index (χ2n) is 17.8. The lowest BCUT2D eigenvalue weighted by Crippen LogP contribution is -2.42. The maximum atomic E-state index is 4.03. The molecule has 8 aliphatic rings. The Labute approximate surface area is 315 Å².